The molecule has 2 heterocycles. The summed E-state index contributed by atoms with van der Waals surface area (Å²) in [4.78, 5) is 12.3. The first-order valence-electron chi connectivity index (χ1n) is 9.59. The Balaban J connectivity index is 1.60. The second-order valence-electron chi connectivity index (χ2n) is 9.38. The van der Waals surface area contributed by atoms with Gasteiger partial charge in [-0.05, 0) is 38.7 Å². The van der Waals surface area contributed by atoms with Crippen molar-refractivity contribution in [2.24, 2.45) is 0 Å². The van der Waals surface area contributed by atoms with Crippen molar-refractivity contribution in [3.05, 3.63) is 41.6 Å². The van der Waals surface area contributed by atoms with E-state index in [0.717, 1.165) is 16.7 Å². The Labute approximate surface area is 167 Å². The third-order valence-corrected chi connectivity index (χ3v) is 5.41. The van der Waals surface area contributed by atoms with Crippen molar-refractivity contribution in [3.63, 3.8) is 0 Å². The number of nitrogens with zero attached hydrogens (tertiary/aromatic N) is 1. The third kappa shape index (κ3) is 4.31. The Kier molecular flexibility index (Phi) is 5.19. The standard InChI is InChI=1S/C21H29BN2O4/c1-19(2,3)16-13-18(26-24-16)23-17(25)12-14-8-10-15(11-9-14)22-27-20(4,5)21(6,7)28-22/h8-11,13H,12H2,1-7H3,(H,23,25). The maximum Gasteiger partial charge on any atom is 0.494 e. The number of amides is 1. The van der Waals surface area contributed by atoms with Crippen LogP contribution in [0, 0.1) is 0 Å². The lowest BCUT2D eigenvalue weighted by Gasteiger charge is -2.32. The van der Waals surface area contributed by atoms with E-state index >= 15 is 0 Å². The number of nitrogens with one attached hydrogen (secondary N) is 1. The number of benzene rings is 1. The van der Waals surface area contributed by atoms with Gasteiger partial charge in [-0.25, -0.2) is 0 Å². The van der Waals surface area contributed by atoms with Crippen molar-refractivity contribution < 1.29 is 18.6 Å². The molecule has 0 spiro atoms. The Bertz CT molecular complexity index is 834. The summed E-state index contributed by atoms with van der Waals surface area (Å²) in [6.45, 7) is 14.2. The molecule has 0 bridgehead atoms. The molecular formula is C21H29BN2O4. The van der Waals surface area contributed by atoms with Gasteiger partial charge in [0.05, 0.1) is 23.3 Å². The number of rotatable bonds is 4. The monoisotopic (exact) mass is 384 g/mol. The van der Waals surface area contributed by atoms with Crippen LogP contribution in [0.3, 0.4) is 0 Å². The molecule has 1 aliphatic rings. The summed E-state index contributed by atoms with van der Waals surface area (Å²) in [5.41, 5.74) is 1.75. The van der Waals surface area contributed by atoms with Crippen molar-refractivity contribution in [2.45, 2.75) is 71.5 Å². The second kappa shape index (κ2) is 7.05. The van der Waals surface area contributed by atoms with Gasteiger partial charge in [0.1, 0.15) is 0 Å². The minimum atomic E-state index is -0.405. The van der Waals surface area contributed by atoms with Crippen LogP contribution in [0.5, 0.6) is 0 Å². The van der Waals surface area contributed by atoms with E-state index in [9.17, 15) is 4.79 Å². The average molecular weight is 384 g/mol. The summed E-state index contributed by atoms with van der Waals surface area (Å²) in [5.74, 6) is 0.212. The molecule has 1 saturated heterocycles. The molecule has 7 heteroatoms. The molecule has 6 nitrogen and oxygen atoms in total. The number of carbonyl (C=O) groups excluding carboxylic acids is 1. The van der Waals surface area contributed by atoms with Crippen molar-refractivity contribution >= 4 is 24.4 Å². The Morgan fingerprint density at radius 3 is 2.14 bits per heavy atom. The van der Waals surface area contributed by atoms with E-state index in [1.807, 2.05) is 72.7 Å². The van der Waals surface area contributed by atoms with E-state index in [1.165, 1.54) is 0 Å². The fraction of sp³-hybridized carbons (Fsp3) is 0.524. The van der Waals surface area contributed by atoms with Gasteiger partial charge in [0.25, 0.3) is 0 Å². The summed E-state index contributed by atoms with van der Waals surface area (Å²) >= 11 is 0. The zero-order valence-corrected chi connectivity index (χ0v) is 17.8. The Morgan fingerprint density at radius 2 is 1.64 bits per heavy atom. The molecule has 1 aromatic heterocycles. The van der Waals surface area contributed by atoms with E-state index < -0.39 is 7.12 Å². The fourth-order valence-corrected chi connectivity index (χ4v) is 2.83. The number of hydrogen-bond donors (Lipinski definition) is 1. The smallest absolute Gasteiger partial charge is 0.399 e. The minimum absolute atomic E-state index is 0.129. The first-order valence-corrected chi connectivity index (χ1v) is 9.59. The van der Waals surface area contributed by atoms with Crippen LogP contribution in [0.25, 0.3) is 0 Å². The maximum atomic E-state index is 12.3. The molecular weight excluding hydrogens is 355 g/mol. The van der Waals surface area contributed by atoms with E-state index in [-0.39, 0.29) is 28.9 Å². The summed E-state index contributed by atoms with van der Waals surface area (Å²) in [6, 6.07) is 9.48. The fourth-order valence-electron chi connectivity index (χ4n) is 2.83. The maximum absolute atomic E-state index is 12.3. The lowest BCUT2D eigenvalue weighted by Crippen LogP contribution is -2.41. The van der Waals surface area contributed by atoms with Crippen molar-refractivity contribution in [2.75, 3.05) is 5.32 Å². The van der Waals surface area contributed by atoms with Gasteiger partial charge in [0, 0.05) is 11.5 Å². The predicted molar refractivity (Wildman–Crippen MR) is 110 cm³/mol. The zero-order valence-electron chi connectivity index (χ0n) is 17.8. The molecule has 0 radical (unpaired) electrons. The Morgan fingerprint density at radius 1 is 1.07 bits per heavy atom. The molecule has 1 N–H and O–H groups in total. The topological polar surface area (TPSA) is 73.6 Å². The largest absolute Gasteiger partial charge is 0.494 e. The van der Waals surface area contributed by atoms with Gasteiger partial charge in [0.2, 0.25) is 11.8 Å². The molecule has 1 aliphatic heterocycles. The zero-order chi connectivity index (χ0) is 20.7. The Hall–Kier alpha value is -2.12. The number of hydrogen-bond acceptors (Lipinski definition) is 5. The quantitative estimate of drug-likeness (QED) is 0.818. The van der Waals surface area contributed by atoms with Gasteiger partial charge in [0.15, 0.2) is 0 Å². The molecule has 1 amide bonds. The molecule has 0 saturated carbocycles. The van der Waals surface area contributed by atoms with Gasteiger partial charge in [-0.3, -0.25) is 10.1 Å². The molecule has 0 atom stereocenters. The van der Waals surface area contributed by atoms with E-state index in [1.54, 1.807) is 6.07 Å². The highest BCUT2D eigenvalue weighted by Gasteiger charge is 2.51. The van der Waals surface area contributed by atoms with Gasteiger partial charge in [-0.1, -0.05) is 50.2 Å². The van der Waals surface area contributed by atoms with Gasteiger partial charge in [-0.2, -0.15) is 0 Å². The number of carbonyl (C=O) groups is 1. The van der Waals surface area contributed by atoms with Crippen LogP contribution in [0.4, 0.5) is 5.88 Å². The van der Waals surface area contributed by atoms with Crippen molar-refractivity contribution in [1.82, 2.24) is 5.16 Å². The van der Waals surface area contributed by atoms with Crippen LogP contribution in [0.2, 0.25) is 0 Å². The van der Waals surface area contributed by atoms with Crippen molar-refractivity contribution in [3.8, 4) is 0 Å². The van der Waals surface area contributed by atoms with Crippen LogP contribution < -0.4 is 10.8 Å². The van der Waals surface area contributed by atoms with E-state index in [4.69, 9.17) is 13.8 Å². The second-order valence-corrected chi connectivity index (χ2v) is 9.38. The highest BCUT2D eigenvalue weighted by molar-refractivity contribution is 6.62. The normalized spacial score (nSPS) is 18.3. The van der Waals surface area contributed by atoms with Crippen LogP contribution in [0.1, 0.15) is 59.7 Å². The average Bonchev–Trinajstić information content (AvgIpc) is 3.10. The minimum Gasteiger partial charge on any atom is -0.399 e. The first kappa shape index (κ1) is 20.6. The lowest BCUT2D eigenvalue weighted by molar-refractivity contribution is -0.115. The molecule has 0 unspecified atom stereocenters. The van der Waals surface area contributed by atoms with Crippen LogP contribution >= 0.6 is 0 Å². The summed E-state index contributed by atoms with van der Waals surface area (Å²) in [7, 11) is -0.405. The molecule has 150 valence electrons. The summed E-state index contributed by atoms with van der Waals surface area (Å²) in [6.07, 6.45) is 0.245. The molecule has 1 aromatic carbocycles. The third-order valence-electron chi connectivity index (χ3n) is 5.41. The van der Waals surface area contributed by atoms with Gasteiger partial charge < -0.3 is 13.8 Å². The van der Waals surface area contributed by atoms with E-state index in [0.29, 0.717) is 5.88 Å². The highest BCUT2D eigenvalue weighted by Crippen LogP contribution is 2.36. The van der Waals surface area contributed by atoms with Crippen LogP contribution in [-0.2, 0) is 25.9 Å². The number of anilines is 1. The number of aromatic nitrogens is 1. The van der Waals surface area contributed by atoms with Crippen molar-refractivity contribution in [1.29, 1.82) is 0 Å². The molecule has 3 rings (SSSR count). The van der Waals surface area contributed by atoms with Gasteiger partial charge in [-0.15, -0.1) is 0 Å². The molecule has 0 aliphatic carbocycles. The van der Waals surface area contributed by atoms with Gasteiger partial charge >= 0.3 is 7.12 Å². The summed E-state index contributed by atoms with van der Waals surface area (Å²) < 4.78 is 17.3. The molecule has 1 fully saturated rings. The molecule has 2 aromatic rings. The highest BCUT2D eigenvalue weighted by atomic mass is 16.7. The lowest BCUT2D eigenvalue weighted by atomic mass is 9.79. The summed E-state index contributed by atoms with van der Waals surface area (Å²) in [5, 5.41) is 6.77. The SMILES string of the molecule is CC(C)(C)c1cc(NC(=O)Cc2ccc(B3OC(C)(C)C(C)(C)O3)cc2)on1. The van der Waals surface area contributed by atoms with Crippen LogP contribution in [0.15, 0.2) is 34.9 Å². The first-order chi connectivity index (χ1) is 12.9. The van der Waals surface area contributed by atoms with E-state index in [2.05, 4.69) is 10.5 Å². The molecule has 28 heavy (non-hydrogen) atoms. The van der Waals surface area contributed by atoms with Crippen LogP contribution in [-0.4, -0.2) is 29.4 Å². The predicted octanol–water partition coefficient (Wildman–Crippen LogP) is 3.45.